The molecule has 1 aromatic carbocycles. The number of likely N-dealkylation sites (tertiary alicyclic amines) is 1. The van der Waals surface area contributed by atoms with Crippen LogP contribution in [0.25, 0.3) is 5.69 Å². The lowest BCUT2D eigenvalue weighted by Gasteiger charge is -2.18. The van der Waals surface area contributed by atoms with Crippen molar-refractivity contribution in [2.75, 3.05) is 20.1 Å². The molecule has 2 heterocycles. The van der Waals surface area contributed by atoms with Crippen molar-refractivity contribution in [2.45, 2.75) is 31.8 Å². The SMILES string of the molecule is CN1CCCC(NCc2ccccc2-n2cccn2)CC1. The van der Waals surface area contributed by atoms with Gasteiger partial charge in [-0.15, -0.1) is 0 Å². The minimum atomic E-state index is 0.626. The van der Waals surface area contributed by atoms with E-state index < -0.39 is 0 Å². The highest BCUT2D eigenvalue weighted by molar-refractivity contribution is 5.40. The van der Waals surface area contributed by atoms with Crippen molar-refractivity contribution < 1.29 is 0 Å². The van der Waals surface area contributed by atoms with E-state index in [0.717, 1.165) is 6.54 Å². The third-order valence-electron chi connectivity index (χ3n) is 4.28. The first kappa shape index (κ1) is 14.3. The molecule has 21 heavy (non-hydrogen) atoms. The molecule has 4 nitrogen and oxygen atoms in total. The van der Waals surface area contributed by atoms with Crippen molar-refractivity contribution in [1.82, 2.24) is 20.0 Å². The molecular weight excluding hydrogens is 260 g/mol. The van der Waals surface area contributed by atoms with Gasteiger partial charge in [-0.2, -0.15) is 5.10 Å². The number of para-hydroxylation sites is 1. The molecule has 1 N–H and O–H groups in total. The molecule has 4 heteroatoms. The van der Waals surface area contributed by atoms with Crippen LogP contribution in [0.1, 0.15) is 24.8 Å². The van der Waals surface area contributed by atoms with Gasteiger partial charge in [-0.1, -0.05) is 18.2 Å². The average Bonchev–Trinajstić information content (AvgIpc) is 2.96. The van der Waals surface area contributed by atoms with Crippen LogP contribution in [0.2, 0.25) is 0 Å². The van der Waals surface area contributed by atoms with Crippen LogP contribution in [0.5, 0.6) is 0 Å². The zero-order chi connectivity index (χ0) is 14.5. The lowest BCUT2D eigenvalue weighted by molar-refractivity contribution is 0.343. The highest BCUT2D eigenvalue weighted by Crippen LogP contribution is 2.15. The van der Waals surface area contributed by atoms with Crippen molar-refractivity contribution in [3.05, 3.63) is 48.3 Å². The summed E-state index contributed by atoms with van der Waals surface area (Å²) in [5.41, 5.74) is 2.47. The zero-order valence-corrected chi connectivity index (χ0v) is 12.7. The molecule has 1 aliphatic heterocycles. The highest BCUT2D eigenvalue weighted by atomic mass is 15.3. The molecule has 1 fully saturated rings. The van der Waals surface area contributed by atoms with Gasteiger partial charge in [0.05, 0.1) is 5.69 Å². The van der Waals surface area contributed by atoms with Gasteiger partial charge in [0.15, 0.2) is 0 Å². The third-order valence-corrected chi connectivity index (χ3v) is 4.28. The summed E-state index contributed by atoms with van der Waals surface area (Å²) in [5.74, 6) is 0. The summed E-state index contributed by atoms with van der Waals surface area (Å²) >= 11 is 0. The van der Waals surface area contributed by atoms with Crippen LogP contribution < -0.4 is 5.32 Å². The van der Waals surface area contributed by atoms with Gasteiger partial charge in [-0.25, -0.2) is 4.68 Å². The largest absolute Gasteiger partial charge is 0.310 e. The molecule has 2 aromatic rings. The number of nitrogens with one attached hydrogen (secondary N) is 1. The van der Waals surface area contributed by atoms with E-state index in [-0.39, 0.29) is 0 Å². The average molecular weight is 284 g/mol. The first-order valence-corrected chi connectivity index (χ1v) is 7.83. The van der Waals surface area contributed by atoms with E-state index in [2.05, 4.69) is 46.6 Å². The topological polar surface area (TPSA) is 33.1 Å². The molecule has 0 bridgehead atoms. The van der Waals surface area contributed by atoms with E-state index in [4.69, 9.17) is 0 Å². The molecule has 3 rings (SSSR count). The fraction of sp³-hybridized carbons (Fsp3) is 0.471. The summed E-state index contributed by atoms with van der Waals surface area (Å²) < 4.78 is 1.94. The molecule has 1 unspecified atom stereocenters. The Balaban J connectivity index is 1.65. The second kappa shape index (κ2) is 6.87. The van der Waals surface area contributed by atoms with Gasteiger partial charge < -0.3 is 10.2 Å². The number of aromatic nitrogens is 2. The first-order valence-electron chi connectivity index (χ1n) is 7.83. The van der Waals surface area contributed by atoms with Gasteiger partial charge in [0.2, 0.25) is 0 Å². The van der Waals surface area contributed by atoms with Crippen LogP contribution in [-0.2, 0) is 6.54 Å². The van der Waals surface area contributed by atoms with E-state index in [0.29, 0.717) is 6.04 Å². The predicted octanol–water partition coefficient (Wildman–Crippen LogP) is 2.45. The standard InChI is InChI=1S/C17H24N4/c1-20-11-4-7-16(9-13-20)18-14-15-6-2-3-8-17(15)21-12-5-10-19-21/h2-3,5-6,8,10,12,16,18H,4,7,9,11,13-14H2,1H3. The Morgan fingerprint density at radius 1 is 1.19 bits per heavy atom. The summed E-state index contributed by atoms with van der Waals surface area (Å²) in [4.78, 5) is 2.43. The Labute approximate surface area is 126 Å². The van der Waals surface area contributed by atoms with E-state index in [1.807, 2.05) is 23.1 Å². The fourth-order valence-corrected chi connectivity index (χ4v) is 2.99. The Kier molecular flexibility index (Phi) is 4.68. The number of nitrogens with zero attached hydrogens (tertiary/aromatic N) is 3. The Hall–Kier alpha value is -1.65. The van der Waals surface area contributed by atoms with Crippen molar-refractivity contribution in [1.29, 1.82) is 0 Å². The molecule has 1 atom stereocenters. The van der Waals surface area contributed by atoms with E-state index in [1.165, 1.54) is 43.6 Å². The monoisotopic (exact) mass is 284 g/mol. The Morgan fingerprint density at radius 3 is 2.95 bits per heavy atom. The minimum Gasteiger partial charge on any atom is -0.310 e. The fourth-order valence-electron chi connectivity index (χ4n) is 2.99. The van der Waals surface area contributed by atoms with Crippen LogP contribution >= 0.6 is 0 Å². The van der Waals surface area contributed by atoms with Gasteiger partial charge in [0, 0.05) is 25.0 Å². The smallest absolute Gasteiger partial charge is 0.0690 e. The molecular formula is C17H24N4. The van der Waals surface area contributed by atoms with Gasteiger partial charge in [-0.05, 0) is 57.1 Å². The van der Waals surface area contributed by atoms with Crippen LogP contribution in [0.15, 0.2) is 42.7 Å². The van der Waals surface area contributed by atoms with Crippen molar-refractivity contribution in [2.24, 2.45) is 0 Å². The maximum atomic E-state index is 4.35. The summed E-state index contributed by atoms with van der Waals surface area (Å²) in [7, 11) is 2.22. The minimum absolute atomic E-state index is 0.626. The van der Waals surface area contributed by atoms with Crippen molar-refractivity contribution in [3.63, 3.8) is 0 Å². The van der Waals surface area contributed by atoms with Crippen LogP contribution in [-0.4, -0.2) is 40.9 Å². The molecule has 0 aliphatic carbocycles. The van der Waals surface area contributed by atoms with Gasteiger partial charge in [0.25, 0.3) is 0 Å². The summed E-state index contributed by atoms with van der Waals surface area (Å²) in [5, 5.41) is 8.08. The number of rotatable bonds is 4. The highest BCUT2D eigenvalue weighted by Gasteiger charge is 2.14. The van der Waals surface area contributed by atoms with E-state index in [1.54, 1.807) is 0 Å². The molecule has 112 valence electrons. The summed E-state index contributed by atoms with van der Waals surface area (Å²) in [6.45, 7) is 3.32. The van der Waals surface area contributed by atoms with Crippen molar-refractivity contribution >= 4 is 0 Å². The quantitative estimate of drug-likeness (QED) is 0.936. The Bertz CT molecular complexity index is 550. The van der Waals surface area contributed by atoms with Gasteiger partial charge >= 0.3 is 0 Å². The molecule has 0 saturated carbocycles. The first-order chi connectivity index (χ1) is 10.3. The predicted molar refractivity (Wildman–Crippen MR) is 85.5 cm³/mol. The van der Waals surface area contributed by atoms with Gasteiger partial charge in [-0.3, -0.25) is 0 Å². The number of hydrogen-bond acceptors (Lipinski definition) is 3. The van der Waals surface area contributed by atoms with Crippen LogP contribution in [0.3, 0.4) is 0 Å². The van der Waals surface area contributed by atoms with Gasteiger partial charge in [0.1, 0.15) is 0 Å². The molecule has 0 amide bonds. The molecule has 0 radical (unpaired) electrons. The normalized spacial score (nSPS) is 20.3. The number of benzene rings is 1. The maximum Gasteiger partial charge on any atom is 0.0690 e. The third kappa shape index (κ3) is 3.71. The van der Waals surface area contributed by atoms with Crippen LogP contribution in [0.4, 0.5) is 0 Å². The van der Waals surface area contributed by atoms with Crippen LogP contribution in [0, 0.1) is 0 Å². The molecule has 1 saturated heterocycles. The lowest BCUT2D eigenvalue weighted by Crippen LogP contribution is -2.30. The second-order valence-corrected chi connectivity index (χ2v) is 5.89. The summed E-state index contributed by atoms with van der Waals surface area (Å²) in [6.07, 6.45) is 7.62. The van der Waals surface area contributed by atoms with E-state index in [9.17, 15) is 0 Å². The maximum absolute atomic E-state index is 4.35. The zero-order valence-electron chi connectivity index (χ0n) is 12.7. The second-order valence-electron chi connectivity index (χ2n) is 5.89. The molecule has 1 aliphatic rings. The molecule has 0 spiro atoms. The van der Waals surface area contributed by atoms with Crippen molar-refractivity contribution in [3.8, 4) is 5.69 Å². The lowest BCUT2D eigenvalue weighted by atomic mass is 10.1. The summed E-state index contributed by atoms with van der Waals surface area (Å²) in [6, 6.07) is 11.1. The molecule has 1 aromatic heterocycles. The Morgan fingerprint density at radius 2 is 2.10 bits per heavy atom. The van der Waals surface area contributed by atoms with E-state index >= 15 is 0 Å². The number of hydrogen-bond donors (Lipinski definition) is 1.